The predicted molar refractivity (Wildman–Crippen MR) is 79.5 cm³/mol. The molecule has 1 atom stereocenters. The van der Waals surface area contributed by atoms with Gasteiger partial charge in [0.2, 0.25) is 0 Å². The highest BCUT2D eigenvalue weighted by Gasteiger charge is 2.20. The third-order valence-electron chi connectivity index (χ3n) is 4.08. The van der Waals surface area contributed by atoms with Crippen LogP contribution in [0.4, 0.5) is 0 Å². The molecule has 1 aliphatic rings. The average molecular weight is 280 g/mol. The van der Waals surface area contributed by atoms with Gasteiger partial charge in [0.1, 0.15) is 0 Å². The maximum atomic E-state index is 8.90. The van der Waals surface area contributed by atoms with Gasteiger partial charge < -0.3 is 10.0 Å². The van der Waals surface area contributed by atoms with Crippen molar-refractivity contribution in [2.24, 2.45) is 5.92 Å². The number of hydrogen-bond donors (Lipinski definition) is 1. The third-order valence-corrected chi connectivity index (χ3v) is 4.08. The van der Waals surface area contributed by atoms with E-state index in [-0.39, 0.29) is 6.61 Å². The molecule has 0 spiro atoms. The lowest BCUT2D eigenvalue weighted by atomic mass is 9.98. The van der Waals surface area contributed by atoms with Gasteiger partial charge >= 0.3 is 0 Å². The molecule has 1 fully saturated rings. The normalized spacial score (nSPS) is 20.4. The molecule has 0 unspecified atom stereocenters. The van der Waals surface area contributed by atoms with Crippen LogP contribution in [-0.2, 0) is 13.0 Å². The van der Waals surface area contributed by atoms with Crippen LogP contribution >= 0.6 is 0 Å². The van der Waals surface area contributed by atoms with E-state index in [1.165, 1.54) is 51.7 Å². The number of aliphatic hydroxyl groups excluding tert-OH is 1. The largest absolute Gasteiger partial charge is 0.396 e. The molecule has 1 aliphatic heterocycles. The Labute approximate surface area is 122 Å². The van der Waals surface area contributed by atoms with Crippen molar-refractivity contribution in [3.05, 3.63) is 11.9 Å². The molecule has 20 heavy (non-hydrogen) atoms. The summed E-state index contributed by atoms with van der Waals surface area (Å²) in [6.45, 7) is 7.06. The zero-order valence-corrected chi connectivity index (χ0v) is 12.7. The molecule has 5 nitrogen and oxygen atoms in total. The van der Waals surface area contributed by atoms with E-state index in [2.05, 4.69) is 22.1 Å². The van der Waals surface area contributed by atoms with E-state index in [1.54, 1.807) is 0 Å². The summed E-state index contributed by atoms with van der Waals surface area (Å²) in [7, 11) is 0. The lowest BCUT2D eigenvalue weighted by Crippen LogP contribution is -2.37. The Morgan fingerprint density at radius 3 is 3.10 bits per heavy atom. The highest BCUT2D eigenvalue weighted by atomic mass is 16.3. The van der Waals surface area contributed by atoms with E-state index in [9.17, 15) is 0 Å². The molecule has 1 aromatic rings. The Hall–Kier alpha value is -0.940. The molecule has 0 bridgehead atoms. The van der Waals surface area contributed by atoms with E-state index in [0.717, 1.165) is 12.2 Å². The maximum Gasteiger partial charge on any atom is 0.0849 e. The minimum Gasteiger partial charge on any atom is -0.396 e. The van der Waals surface area contributed by atoms with E-state index in [4.69, 9.17) is 5.11 Å². The van der Waals surface area contributed by atoms with Crippen molar-refractivity contribution in [2.45, 2.75) is 52.0 Å². The van der Waals surface area contributed by atoms with Crippen molar-refractivity contribution in [1.29, 1.82) is 0 Å². The van der Waals surface area contributed by atoms with Gasteiger partial charge in [0.15, 0.2) is 0 Å². The number of aromatic nitrogens is 3. The summed E-state index contributed by atoms with van der Waals surface area (Å²) in [5.74, 6) is 0.689. The predicted octanol–water partition coefficient (Wildman–Crippen LogP) is 1.72. The Balaban J connectivity index is 1.76. The second-order valence-corrected chi connectivity index (χ2v) is 5.92. The molecule has 1 saturated heterocycles. The second-order valence-electron chi connectivity index (χ2n) is 5.92. The van der Waals surface area contributed by atoms with Gasteiger partial charge in [-0.1, -0.05) is 25.0 Å². The number of unbranched alkanes of at least 4 members (excludes halogenated alkanes) is 2. The maximum absolute atomic E-state index is 8.90. The summed E-state index contributed by atoms with van der Waals surface area (Å²) in [5, 5.41) is 17.2. The lowest BCUT2D eigenvalue weighted by molar-refractivity contribution is 0.157. The van der Waals surface area contributed by atoms with Crippen molar-refractivity contribution < 1.29 is 5.11 Å². The van der Waals surface area contributed by atoms with Crippen LogP contribution in [0.2, 0.25) is 0 Å². The number of piperidine rings is 1. The lowest BCUT2D eigenvalue weighted by Gasteiger charge is -2.32. The quantitative estimate of drug-likeness (QED) is 0.737. The average Bonchev–Trinajstić information content (AvgIpc) is 2.87. The fourth-order valence-corrected chi connectivity index (χ4v) is 3.01. The minimum atomic E-state index is 0.146. The van der Waals surface area contributed by atoms with Crippen LogP contribution in [0.25, 0.3) is 0 Å². The van der Waals surface area contributed by atoms with Gasteiger partial charge in [-0.25, -0.2) is 0 Å². The molecule has 2 heterocycles. The second kappa shape index (κ2) is 8.37. The molecule has 114 valence electrons. The first-order valence-corrected chi connectivity index (χ1v) is 8.04. The van der Waals surface area contributed by atoms with Gasteiger partial charge in [0.25, 0.3) is 0 Å². The number of hydrogen-bond acceptors (Lipinski definition) is 4. The van der Waals surface area contributed by atoms with Crippen LogP contribution in [-0.4, -0.2) is 51.2 Å². The van der Waals surface area contributed by atoms with E-state index >= 15 is 0 Å². The summed E-state index contributed by atoms with van der Waals surface area (Å²) in [5.41, 5.74) is 0.892. The topological polar surface area (TPSA) is 54.2 Å². The molecule has 1 aromatic heterocycles. The van der Waals surface area contributed by atoms with Crippen molar-refractivity contribution in [1.82, 2.24) is 19.9 Å². The fraction of sp³-hybridized carbons (Fsp3) is 0.867. The van der Waals surface area contributed by atoms with E-state index in [0.29, 0.717) is 12.3 Å². The third kappa shape index (κ3) is 4.87. The standard InChI is InChI=1S/C15H28N4O/c1-2-3-4-8-18-9-5-6-14(11-18)12-19-13-15(7-10-20)16-17-19/h13-14,20H,2-12H2,1H3/t14-/m1/s1. The van der Waals surface area contributed by atoms with Gasteiger partial charge in [-0.05, 0) is 38.3 Å². The summed E-state index contributed by atoms with van der Waals surface area (Å²) in [4.78, 5) is 2.61. The molecule has 1 N–H and O–H groups in total. The van der Waals surface area contributed by atoms with Crippen LogP contribution in [0.3, 0.4) is 0 Å². The SMILES string of the molecule is CCCCCN1CCC[C@@H](Cn2cc(CCO)nn2)C1. The smallest absolute Gasteiger partial charge is 0.0849 e. The Bertz CT molecular complexity index is 380. The number of likely N-dealkylation sites (tertiary alicyclic amines) is 1. The zero-order valence-electron chi connectivity index (χ0n) is 12.7. The molecular formula is C15H28N4O. The molecular weight excluding hydrogens is 252 g/mol. The molecule has 0 amide bonds. The molecule has 0 saturated carbocycles. The Kier molecular flexibility index (Phi) is 6.47. The van der Waals surface area contributed by atoms with Gasteiger partial charge in [-0.15, -0.1) is 5.10 Å². The van der Waals surface area contributed by atoms with Crippen molar-refractivity contribution in [2.75, 3.05) is 26.2 Å². The van der Waals surface area contributed by atoms with Crippen LogP contribution < -0.4 is 0 Å². The van der Waals surface area contributed by atoms with Crippen molar-refractivity contribution >= 4 is 0 Å². The van der Waals surface area contributed by atoms with Crippen LogP contribution in [0.1, 0.15) is 44.7 Å². The fourth-order valence-electron chi connectivity index (χ4n) is 3.01. The number of aliphatic hydroxyl groups is 1. The van der Waals surface area contributed by atoms with E-state index in [1.807, 2.05) is 10.9 Å². The van der Waals surface area contributed by atoms with E-state index < -0.39 is 0 Å². The highest BCUT2D eigenvalue weighted by molar-refractivity contribution is 4.92. The first-order valence-electron chi connectivity index (χ1n) is 8.04. The molecule has 5 heteroatoms. The zero-order chi connectivity index (χ0) is 14.2. The molecule has 0 radical (unpaired) electrons. The number of nitrogens with zero attached hydrogens (tertiary/aromatic N) is 4. The van der Waals surface area contributed by atoms with Gasteiger partial charge in [0.05, 0.1) is 5.69 Å². The minimum absolute atomic E-state index is 0.146. The highest BCUT2D eigenvalue weighted by Crippen LogP contribution is 2.18. The van der Waals surface area contributed by atoms with Crippen molar-refractivity contribution in [3.8, 4) is 0 Å². The summed E-state index contributed by atoms with van der Waals surface area (Å²) in [6.07, 6.45) is 9.14. The Morgan fingerprint density at radius 2 is 2.30 bits per heavy atom. The Morgan fingerprint density at radius 1 is 1.40 bits per heavy atom. The van der Waals surface area contributed by atoms with Crippen LogP contribution in [0.5, 0.6) is 0 Å². The van der Waals surface area contributed by atoms with Gasteiger partial charge in [-0.3, -0.25) is 4.68 Å². The van der Waals surface area contributed by atoms with Gasteiger partial charge in [-0.2, -0.15) is 0 Å². The number of rotatable bonds is 8. The van der Waals surface area contributed by atoms with Crippen LogP contribution in [0, 0.1) is 5.92 Å². The monoisotopic (exact) mass is 280 g/mol. The van der Waals surface area contributed by atoms with Crippen molar-refractivity contribution in [3.63, 3.8) is 0 Å². The van der Waals surface area contributed by atoms with Crippen LogP contribution in [0.15, 0.2) is 6.20 Å². The summed E-state index contributed by atoms with van der Waals surface area (Å²) in [6, 6.07) is 0. The summed E-state index contributed by atoms with van der Waals surface area (Å²) >= 11 is 0. The molecule has 0 aromatic carbocycles. The first kappa shape index (κ1) is 15.4. The molecule has 2 rings (SSSR count). The summed E-state index contributed by atoms with van der Waals surface area (Å²) < 4.78 is 1.95. The molecule has 0 aliphatic carbocycles. The first-order chi connectivity index (χ1) is 9.81. The van der Waals surface area contributed by atoms with Gasteiger partial charge in [0, 0.05) is 32.3 Å².